The fourth-order valence-corrected chi connectivity index (χ4v) is 3.13. The van der Waals surface area contributed by atoms with Gasteiger partial charge in [0.2, 0.25) is 0 Å². The van der Waals surface area contributed by atoms with Gasteiger partial charge in [0.1, 0.15) is 0 Å². The third kappa shape index (κ3) is 2.98. The summed E-state index contributed by atoms with van der Waals surface area (Å²) >= 11 is 1.82. The molecule has 18 heavy (non-hydrogen) atoms. The van der Waals surface area contributed by atoms with E-state index in [9.17, 15) is 0 Å². The zero-order valence-electron chi connectivity index (χ0n) is 11.1. The van der Waals surface area contributed by atoms with Crippen LogP contribution in [0, 0.1) is 13.8 Å². The largest absolute Gasteiger partial charge is 0.276 e. The van der Waals surface area contributed by atoms with Gasteiger partial charge in [-0.1, -0.05) is 0 Å². The number of hydrogen-bond acceptors (Lipinski definition) is 4. The molecule has 2 rings (SSSR count). The molecular weight excluding hydrogens is 244 g/mol. The number of rotatable bonds is 5. The monoisotopic (exact) mass is 264 g/mol. The summed E-state index contributed by atoms with van der Waals surface area (Å²) in [5.41, 5.74) is 5.52. The number of aryl methyl sites for hydroxylation is 4. The minimum absolute atomic E-state index is 0.225. The molecule has 2 heterocycles. The molecule has 0 aromatic carbocycles. The first-order valence-electron chi connectivity index (χ1n) is 6.10. The van der Waals surface area contributed by atoms with Crippen LogP contribution in [0.2, 0.25) is 0 Å². The number of nitrogens with two attached hydrogens (primary N) is 1. The average Bonchev–Trinajstić information content (AvgIpc) is 2.88. The highest BCUT2D eigenvalue weighted by molar-refractivity contribution is 7.12. The lowest BCUT2D eigenvalue weighted by atomic mass is 10.1. The van der Waals surface area contributed by atoms with Gasteiger partial charge < -0.3 is 0 Å². The minimum Gasteiger partial charge on any atom is -0.276 e. The summed E-state index contributed by atoms with van der Waals surface area (Å²) in [6.45, 7) is 4.29. The Morgan fingerprint density at radius 2 is 2.28 bits per heavy atom. The molecule has 4 nitrogen and oxygen atoms in total. The first-order valence-corrected chi connectivity index (χ1v) is 6.92. The van der Waals surface area contributed by atoms with Crippen molar-refractivity contribution in [1.29, 1.82) is 0 Å². The van der Waals surface area contributed by atoms with E-state index in [4.69, 9.17) is 5.84 Å². The standard InChI is InChI=1S/C13H20N4S/c1-9-6-13(18-10(9)2)12(16-14)5-4-11-7-15-17(3)8-11/h6-8,12,16H,4-5,14H2,1-3H3. The maximum atomic E-state index is 5.67. The molecule has 0 radical (unpaired) electrons. The minimum atomic E-state index is 0.225. The predicted octanol–water partition coefficient (Wildman–Crippen LogP) is 2.24. The predicted molar refractivity (Wildman–Crippen MR) is 75.4 cm³/mol. The fourth-order valence-electron chi connectivity index (χ4n) is 1.99. The summed E-state index contributed by atoms with van der Waals surface area (Å²) in [4.78, 5) is 2.68. The lowest BCUT2D eigenvalue weighted by Crippen LogP contribution is -2.27. The van der Waals surface area contributed by atoms with Crippen molar-refractivity contribution >= 4 is 11.3 Å². The van der Waals surface area contributed by atoms with Gasteiger partial charge in [-0.2, -0.15) is 5.10 Å². The van der Waals surface area contributed by atoms with Crippen molar-refractivity contribution in [1.82, 2.24) is 15.2 Å². The average molecular weight is 264 g/mol. The van der Waals surface area contributed by atoms with Crippen LogP contribution >= 0.6 is 11.3 Å². The molecule has 2 aromatic rings. The van der Waals surface area contributed by atoms with Crippen LogP contribution in [0.4, 0.5) is 0 Å². The Morgan fingerprint density at radius 1 is 1.50 bits per heavy atom. The summed E-state index contributed by atoms with van der Waals surface area (Å²) in [7, 11) is 1.94. The van der Waals surface area contributed by atoms with Gasteiger partial charge >= 0.3 is 0 Å². The fraction of sp³-hybridized carbons (Fsp3) is 0.462. The number of aromatic nitrogens is 2. The van der Waals surface area contributed by atoms with Crippen molar-refractivity contribution in [2.45, 2.75) is 32.7 Å². The first-order chi connectivity index (χ1) is 8.60. The van der Waals surface area contributed by atoms with Gasteiger partial charge in [-0.3, -0.25) is 16.0 Å². The maximum absolute atomic E-state index is 5.67. The number of nitrogens with one attached hydrogen (secondary N) is 1. The molecule has 0 aliphatic rings. The van der Waals surface area contributed by atoms with E-state index in [1.54, 1.807) is 0 Å². The highest BCUT2D eigenvalue weighted by Gasteiger charge is 2.13. The van der Waals surface area contributed by atoms with Crippen LogP contribution < -0.4 is 11.3 Å². The van der Waals surface area contributed by atoms with E-state index in [0.29, 0.717) is 0 Å². The van der Waals surface area contributed by atoms with Crippen LogP contribution in [-0.4, -0.2) is 9.78 Å². The molecule has 0 aliphatic carbocycles. The number of nitrogens with zero attached hydrogens (tertiary/aromatic N) is 2. The zero-order valence-corrected chi connectivity index (χ0v) is 11.9. The molecule has 0 bridgehead atoms. The maximum Gasteiger partial charge on any atom is 0.0556 e. The number of thiophene rings is 1. The van der Waals surface area contributed by atoms with Gasteiger partial charge in [0.05, 0.1) is 12.2 Å². The number of hydrazine groups is 1. The molecule has 0 spiro atoms. The molecule has 0 saturated heterocycles. The Bertz CT molecular complexity index is 495. The summed E-state index contributed by atoms with van der Waals surface area (Å²) in [6, 6.07) is 2.45. The van der Waals surface area contributed by atoms with Crippen molar-refractivity contribution in [2.24, 2.45) is 12.9 Å². The molecular formula is C13H20N4S. The van der Waals surface area contributed by atoms with E-state index in [0.717, 1.165) is 12.8 Å². The molecule has 0 saturated carbocycles. The van der Waals surface area contributed by atoms with E-state index in [1.165, 1.54) is 20.9 Å². The second-order valence-corrected chi connectivity index (χ2v) is 5.96. The Hall–Kier alpha value is -1.17. The molecule has 0 aliphatic heterocycles. The quantitative estimate of drug-likeness (QED) is 0.643. The Balaban J connectivity index is 2.01. The first kappa shape index (κ1) is 13.3. The van der Waals surface area contributed by atoms with Crippen LogP contribution in [0.15, 0.2) is 18.5 Å². The lowest BCUT2D eigenvalue weighted by Gasteiger charge is -2.13. The lowest BCUT2D eigenvalue weighted by molar-refractivity contribution is 0.524. The van der Waals surface area contributed by atoms with Gasteiger partial charge in [-0.05, 0) is 43.9 Å². The van der Waals surface area contributed by atoms with Crippen molar-refractivity contribution in [3.8, 4) is 0 Å². The van der Waals surface area contributed by atoms with Gasteiger partial charge in [-0.15, -0.1) is 11.3 Å². The zero-order chi connectivity index (χ0) is 13.1. The molecule has 0 amide bonds. The van der Waals surface area contributed by atoms with Gasteiger partial charge in [-0.25, -0.2) is 0 Å². The van der Waals surface area contributed by atoms with Crippen LogP contribution in [0.25, 0.3) is 0 Å². The molecule has 98 valence electrons. The number of hydrogen-bond donors (Lipinski definition) is 2. The summed E-state index contributed by atoms with van der Waals surface area (Å²) in [5, 5.41) is 4.18. The smallest absolute Gasteiger partial charge is 0.0556 e. The van der Waals surface area contributed by atoms with Gasteiger partial charge in [0.25, 0.3) is 0 Å². The normalized spacial score (nSPS) is 12.9. The van der Waals surface area contributed by atoms with Crippen molar-refractivity contribution in [2.75, 3.05) is 0 Å². The van der Waals surface area contributed by atoms with Crippen LogP contribution in [0.3, 0.4) is 0 Å². The van der Waals surface area contributed by atoms with Crippen molar-refractivity contribution < 1.29 is 0 Å². The van der Waals surface area contributed by atoms with Gasteiger partial charge in [0, 0.05) is 23.0 Å². The summed E-state index contributed by atoms with van der Waals surface area (Å²) < 4.78 is 1.83. The highest BCUT2D eigenvalue weighted by Crippen LogP contribution is 2.28. The molecule has 5 heteroatoms. The van der Waals surface area contributed by atoms with E-state index >= 15 is 0 Å². The topological polar surface area (TPSA) is 55.9 Å². The van der Waals surface area contributed by atoms with E-state index < -0.39 is 0 Å². The third-order valence-corrected chi connectivity index (χ3v) is 4.48. The van der Waals surface area contributed by atoms with E-state index in [1.807, 2.05) is 29.3 Å². The Morgan fingerprint density at radius 3 is 2.78 bits per heavy atom. The third-order valence-electron chi connectivity index (χ3n) is 3.21. The van der Waals surface area contributed by atoms with Crippen LogP contribution in [0.5, 0.6) is 0 Å². The molecule has 2 aromatic heterocycles. The Kier molecular flexibility index (Phi) is 4.16. The Labute approximate surface area is 112 Å². The van der Waals surface area contributed by atoms with Crippen LogP contribution in [-0.2, 0) is 13.5 Å². The summed E-state index contributed by atoms with van der Waals surface area (Å²) in [6.07, 6.45) is 5.94. The van der Waals surface area contributed by atoms with E-state index in [-0.39, 0.29) is 6.04 Å². The molecule has 1 unspecified atom stereocenters. The van der Waals surface area contributed by atoms with E-state index in [2.05, 4.69) is 36.6 Å². The molecule has 1 atom stereocenters. The second kappa shape index (κ2) is 5.65. The SMILES string of the molecule is Cc1cc(C(CCc2cnn(C)c2)NN)sc1C. The van der Waals surface area contributed by atoms with Crippen molar-refractivity contribution in [3.63, 3.8) is 0 Å². The van der Waals surface area contributed by atoms with Crippen LogP contribution in [0.1, 0.15) is 33.3 Å². The molecule has 3 N–H and O–H groups in total. The van der Waals surface area contributed by atoms with Crippen molar-refractivity contribution in [3.05, 3.63) is 39.3 Å². The highest BCUT2D eigenvalue weighted by atomic mass is 32.1. The summed E-state index contributed by atoms with van der Waals surface area (Å²) in [5.74, 6) is 5.67. The molecule has 0 fully saturated rings. The second-order valence-electron chi connectivity index (χ2n) is 4.67. The van der Waals surface area contributed by atoms with Gasteiger partial charge in [0.15, 0.2) is 0 Å².